The normalized spacial score (nSPS) is 7.62. The van der Waals surface area contributed by atoms with Crippen LogP contribution in [0, 0.1) is 5.41 Å². The first-order valence-corrected chi connectivity index (χ1v) is 2.90. The molecular formula is C6H13NRu. The van der Waals surface area contributed by atoms with Gasteiger partial charge in [0.15, 0.2) is 0 Å². The predicted octanol–water partition coefficient (Wildman–Crippen LogP) is 2.21. The van der Waals surface area contributed by atoms with E-state index in [9.17, 15) is 0 Å². The molecule has 0 saturated carbocycles. The standard InChI is InChI=1S/C6H13N.Ru/c1-2-3-4-5-6-7;/h6-7H,2-5H2,1H3;. The monoisotopic (exact) mass is 201 g/mol. The molecule has 0 radical (unpaired) electrons. The van der Waals surface area contributed by atoms with Crippen LogP contribution in [0.1, 0.15) is 32.6 Å². The zero-order valence-electron chi connectivity index (χ0n) is 5.26. The van der Waals surface area contributed by atoms with Crippen molar-refractivity contribution in [2.45, 2.75) is 32.6 Å². The Balaban J connectivity index is 0. The van der Waals surface area contributed by atoms with E-state index in [1.807, 2.05) is 0 Å². The summed E-state index contributed by atoms with van der Waals surface area (Å²) >= 11 is 0. The van der Waals surface area contributed by atoms with Gasteiger partial charge in [-0.3, -0.25) is 0 Å². The Hall–Kier alpha value is 0.293. The van der Waals surface area contributed by atoms with E-state index in [1.54, 1.807) is 0 Å². The van der Waals surface area contributed by atoms with Crippen LogP contribution in [-0.2, 0) is 19.5 Å². The van der Waals surface area contributed by atoms with E-state index in [0.717, 1.165) is 6.42 Å². The van der Waals surface area contributed by atoms with E-state index in [4.69, 9.17) is 5.41 Å². The minimum absolute atomic E-state index is 0. The van der Waals surface area contributed by atoms with Crippen molar-refractivity contribution < 1.29 is 19.5 Å². The molecule has 0 fully saturated rings. The van der Waals surface area contributed by atoms with Crippen molar-refractivity contribution in [3.8, 4) is 0 Å². The maximum absolute atomic E-state index is 6.66. The largest absolute Gasteiger partial charge is 0.313 e. The second-order valence-electron chi connectivity index (χ2n) is 1.70. The van der Waals surface area contributed by atoms with Crippen LogP contribution in [0.25, 0.3) is 0 Å². The first kappa shape index (κ1) is 11.1. The summed E-state index contributed by atoms with van der Waals surface area (Å²) in [6.45, 7) is 2.17. The van der Waals surface area contributed by atoms with Crippen LogP contribution in [-0.4, -0.2) is 6.21 Å². The van der Waals surface area contributed by atoms with E-state index < -0.39 is 0 Å². The van der Waals surface area contributed by atoms with Crippen LogP contribution in [0.3, 0.4) is 0 Å². The summed E-state index contributed by atoms with van der Waals surface area (Å²) in [6, 6.07) is 0. The maximum Gasteiger partial charge on any atom is 0 e. The summed E-state index contributed by atoms with van der Waals surface area (Å²) in [6.07, 6.45) is 6.17. The fourth-order valence-corrected chi connectivity index (χ4v) is 0.496. The SMILES string of the molecule is CCCCCC=N.[Ru]. The number of unbranched alkanes of at least 4 members (excludes halogenated alkanes) is 3. The summed E-state index contributed by atoms with van der Waals surface area (Å²) in [7, 11) is 0. The molecule has 0 rings (SSSR count). The van der Waals surface area contributed by atoms with Gasteiger partial charge >= 0.3 is 0 Å². The molecule has 0 amide bonds. The Morgan fingerprint density at radius 2 is 2.00 bits per heavy atom. The average Bonchev–Trinajstić information content (AvgIpc) is 1.69. The van der Waals surface area contributed by atoms with Gasteiger partial charge in [-0.1, -0.05) is 19.8 Å². The molecule has 0 spiro atoms. The number of rotatable bonds is 4. The first-order valence-electron chi connectivity index (χ1n) is 2.90. The molecule has 1 nitrogen and oxygen atoms in total. The van der Waals surface area contributed by atoms with Crippen molar-refractivity contribution in [2.75, 3.05) is 0 Å². The smallest absolute Gasteiger partial charge is 0 e. The summed E-state index contributed by atoms with van der Waals surface area (Å²) in [5.74, 6) is 0. The van der Waals surface area contributed by atoms with E-state index in [2.05, 4.69) is 6.92 Å². The second-order valence-corrected chi connectivity index (χ2v) is 1.70. The van der Waals surface area contributed by atoms with E-state index in [1.165, 1.54) is 25.5 Å². The van der Waals surface area contributed by atoms with Gasteiger partial charge in [0.25, 0.3) is 0 Å². The zero-order chi connectivity index (χ0) is 5.54. The van der Waals surface area contributed by atoms with Crippen molar-refractivity contribution in [2.24, 2.45) is 0 Å². The first-order chi connectivity index (χ1) is 3.41. The van der Waals surface area contributed by atoms with Crippen LogP contribution in [0.2, 0.25) is 0 Å². The molecule has 0 aliphatic heterocycles. The maximum atomic E-state index is 6.66. The Morgan fingerprint density at radius 1 is 1.38 bits per heavy atom. The third kappa shape index (κ3) is 9.57. The molecule has 0 aliphatic carbocycles. The molecule has 1 N–H and O–H groups in total. The van der Waals surface area contributed by atoms with Crippen molar-refractivity contribution in [1.29, 1.82) is 5.41 Å². The van der Waals surface area contributed by atoms with Crippen molar-refractivity contribution in [3.63, 3.8) is 0 Å². The molecule has 0 aliphatic rings. The molecule has 0 aromatic carbocycles. The Bertz CT molecular complexity index is 45.8. The molecule has 8 heavy (non-hydrogen) atoms. The van der Waals surface area contributed by atoms with Crippen LogP contribution < -0.4 is 0 Å². The zero-order valence-corrected chi connectivity index (χ0v) is 7.00. The van der Waals surface area contributed by atoms with Gasteiger partial charge in [0.1, 0.15) is 0 Å². The number of hydrogen-bond donors (Lipinski definition) is 1. The second kappa shape index (κ2) is 10.3. The fraction of sp³-hybridized carbons (Fsp3) is 0.833. The number of hydrogen-bond acceptors (Lipinski definition) is 1. The van der Waals surface area contributed by atoms with E-state index in [-0.39, 0.29) is 19.5 Å². The molecular weight excluding hydrogens is 187 g/mol. The van der Waals surface area contributed by atoms with Crippen molar-refractivity contribution in [3.05, 3.63) is 0 Å². The molecule has 0 bridgehead atoms. The molecule has 0 unspecified atom stereocenters. The molecule has 0 heterocycles. The van der Waals surface area contributed by atoms with Crippen LogP contribution in [0.15, 0.2) is 0 Å². The fourth-order valence-electron chi connectivity index (χ4n) is 0.496. The minimum atomic E-state index is 0. The van der Waals surface area contributed by atoms with E-state index >= 15 is 0 Å². The van der Waals surface area contributed by atoms with Crippen LogP contribution in [0.4, 0.5) is 0 Å². The van der Waals surface area contributed by atoms with Crippen LogP contribution in [0.5, 0.6) is 0 Å². The Labute approximate surface area is 64.1 Å². The quantitative estimate of drug-likeness (QED) is 0.409. The minimum Gasteiger partial charge on any atom is -0.313 e. The summed E-state index contributed by atoms with van der Waals surface area (Å²) < 4.78 is 0. The molecule has 0 aromatic heterocycles. The number of nitrogens with one attached hydrogen (secondary N) is 1. The predicted molar refractivity (Wildman–Crippen MR) is 32.9 cm³/mol. The third-order valence-corrected chi connectivity index (χ3v) is 0.952. The van der Waals surface area contributed by atoms with Crippen molar-refractivity contribution >= 4 is 6.21 Å². The van der Waals surface area contributed by atoms with Gasteiger partial charge in [-0.15, -0.1) is 0 Å². The van der Waals surface area contributed by atoms with Gasteiger partial charge in [0, 0.05) is 19.5 Å². The van der Waals surface area contributed by atoms with Crippen molar-refractivity contribution in [1.82, 2.24) is 0 Å². The van der Waals surface area contributed by atoms with Gasteiger partial charge in [-0.2, -0.15) is 0 Å². The van der Waals surface area contributed by atoms with Gasteiger partial charge in [-0.25, -0.2) is 0 Å². The van der Waals surface area contributed by atoms with E-state index in [0.29, 0.717) is 0 Å². The summed E-state index contributed by atoms with van der Waals surface area (Å²) in [4.78, 5) is 0. The summed E-state index contributed by atoms with van der Waals surface area (Å²) in [5.41, 5.74) is 0. The molecule has 2 heteroatoms. The Kier molecular flexibility index (Phi) is 14.4. The average molecular weight is 200 g/mol. The molecule has 0 saturated heterocycles. The Morgan fingerprint density at radius 3 is 2.38 bits per heavy atom. The molecule has 50 valence electrons. The van der Waals surface area contributed by atoms with Gasteiger partial charge in [-0.05, 0) is 19.1 Å². The van der Waals surface area contributed by atoms with Gasteiger partial charge in [0.05, 0.1) is 0 Å². The third-order valence-electron chi connectivity index (χ3n) is 0.952. The van der Waals surface area contributed by atoms with Crippen LogP contribution >= 0.6 is 0 Å². The van der Waals surface area contributed by atoms with Gasteiger partial charge < -0.3 is 5.41 Å². The molecule has 0 aromatic rings. The topological polar surface area (TPSA) is 23.9 Å². The molecule has 0 atom stereocenters. The summed E-state index contributed by atoms with van der Waals surface area (Å²) in [5, 5.41) is 6.66. The van der Waals surface area contributed by atoms with Gasteiger partial charge in [0.2, 0.25) is 0 Å².